The molecule has 0 bridgehead atoms. The zero-order chi connectivity index (χ0) is 15.5. The Labute approximate surface area is 130 Å². The maximum atomic E-state index is 12.2. The van der Waals surface area contributed by atoms with Crippen LogP contribution in [0.2, 0.25) is 0 Å². The van der Waals surface area contributed by atoms with Crippen molar-refractivity contribution < 1.29 is 23.8 Å². The monoisotopic (exact) mass is 322 g/mol. The second-order valence-corrected chi connectivity index (χ2v) is 5.78. The molecule has 8 heteroatoms. The zero-order valence-electron chi connectivity index (χ0n) is 11.6. The first kappa shape index (κ1) is 14.7. The summed E-state index contributed by atoms with van der Waals surface area (Å²) in [5.74, 6) is -0.748. The van der Waals surface area contributed by atoms with Crippen LogP contribution in [-0.4, -0.2) is 52.7 Å². The highest BCUT2D eigenvalue weighted by Crippen LogP contribution is 2.23. The molecule has 0 saturated carbocycles. The Balaban J connectivity index is 1.63. The van der Waals surface area contributed by atoms with E-state index in [9.17, 15) is 9.59 Å². The predicted octanol–water partition coefficient (Wildman–Crippen LogP) is 1.26. The Kier molecular flexibility index (Phi) is 4.21. The minimum atomic E-state index is -1.06. The lowest BCUT2D eigenvalue weighted by Crippen LogP contribution is -2.49. The van der Waals surface area contributed by atoms with E-state index in [-0.39, 0.29) is 25.5 Å². The third-order valence-corrected chi connectivity index (χ3v) is 4.17. The van der Waals surface area contributed by atoms with Gasteiger partial charge in [0.15, 0.2) is 6.10 Å². The van der Waals surface area contributed by atoms with Crippen molar-refractivity contribution in [2.75, 3.05) is 19.7 Å². The quantitative estimate of drug-likeness (QED) is 0.911. The number of aliphatic carboxylic acids is 1. The highest BCUT2D eigenvalue weighted by Gasteiger charge is 2.29. The Morgan fingerprint density at radius 1 is 1.50 bits per heavy atom. The molecule has 0 spiro atoms. The first-order valence-electron chi connectivity index (χ1n) is 6.74. The summed E-state index contributed by atoms with van der Waals surface area (Å²) in [6.45, 7) is 0.671. The Bertz CT molecular complexity index is 667. The van der Waals surface area contributed by atoms with Crippen LogP contribution in [0, 0.1) is 0 Å². The molecular weight excluding hydrogens is 308 g/mol. The fourth-order valence-electron chi connectivity index (χ4n) is 2.19. The molecule has 1 aliphatic rings. The van der Waals surface area contributed by atoms with E-state index in [2.05, 4.69) is 4.98 Å². The third-order valence-electron chi connectivity index (χ3n) is 3.31. The van der Waals surface area contributed by atoms with Gasteiger partial charge in [0.2, 0.25) is 11.8 Å². The van der Waals surface area contributed by atoms with Crippen LogP contribution in [0.25, 0.3) is 10.8 Å². The first-order valence-corrected chi connectivity index (χ1v) is 7.62. The van der Waals surface area contributed by atoms with Gasteiger partial charge < -0.3 is 19.2 Å². The maximum absolute atomic E-state index is 12.2. The van der Waals surface area contributed by atoms with Crippen LogP contribution in [0.3, 0.4) is 0 Å². The van der Waals surface area contributed by atoms with Gasteiger partial charge in [0.25, 0.3) is 0 Å². The number of hydrogen-bond acceptors (Lipinski definition) is 6. The minimum absolute atomic E-state index is 0.0593. The highest BCUT2D eigenvalue weighted by atomic mass is 32.1. The lowest BCUT2D eigenvalue weighted by atomic mass is 10.2. The van der Waals surface area contributed by atoms with Gasteiger partial charge in [-0.05, 0) is 11.4 Å². The summed E-state index contributed by atoms with van der Waals surface area (Å²) in [6, 6.07) is 3.79. The topological polar surface area (TPSA) is 92.9 Å². The number of carboxylic acids is 1. The third kappa shape index (κ3) is 3.18. The summed E-state index contributed by atoms with van der Waals surface area (Å²) in [4.78, 5) is 29.8. The molecule has 22 heavy (non-hydrogen) atoms. The van der Waals surface area contributed by atoms with Crippen molar-refractivity contribution in [1.82, 2.24) is 9.88 Å². The van der Waals surface area contributed by atoms with Gasteiger partial charge in [-0.2, -0.15) is 0 Å². The van der Waals surface area contributed by atoms with Gasteiger partial charge in [-0.3, -0.25) is 4.79 Å². The van der Waals surface area contributed by atoms with Crippen molar-refractivity contribution in [1.29, 1.82) is 0 Å². The second-order valence-electron chi connectivity index (χ2n) is 4.84. The number of carbonyl (C=O) groups excluding carboxylic acids is 1. The van der Waals surface area contributed by atoms with E-state index in [0.717, 1.165) is 4.88 Å². The van der Waals surface area contributed by atoms with Crippen LogP contribution in [0.4, 0.5) is 0 Å². The van der Waals surface area contributed by atoms with Crippen molar-refractivity contribution in [3.8, 4) is 10.8 Å². The van der Waals surface area contributed by atoms with E-state index < -0.39 is 12.1 Å². The number of thiophene rings is 1. The normalized spacial score (nSPS) is 18.4. The summed E-state index contributed by atoms with van der Waals surface area (Å²) in [5.41, 5.74) is 0.534. The van der Waals surface area contributed by atoms with Crippen LogP contribution < -0.4 is 0 Å². The van der Waals surface area contributed by atoms with Crippen LogP contribution in [-0.2, 0) is 20.7 Å². The molecule has 0 aliphatic carbocycles. The number of carboxylic acid groups (broad SMARTS) is 1. The molecule has 1 N–H and O–H groups in total. The maximum Gasteiger partial charge on any atom is 0.334 e. The fraction of sp³-hybridized carbons (Fsp3) is 0.357. The van der Waals surface area contributed by atoms with Crippen LogP contribution in [0.15, 0.2) is 28.2 Å². The molecule has 3 heterocycles. The molecule has 116 valence electrons. The first-order chi connectivity index (χ1) is 10.6. The number of aromatic nitrogens is 1. The molecule has 1 unspecified atom stereocenters. The van der Waals surface area contributed by atoms with Gasteiger partial charge in [-0.1, -0.05) is 6.07 Å². The lowest BCUT2D eigenvalue weighted by molar-refractivity contribution is -0.159. The molecule has 1 saturated heterocycles. The van der Waals surface area contributed by atoms with Crippen molar-refractivity contribution in [2.45, 2.75) is 12.5 Å². The van der Waals surface area contributed by atoms with Crippen LogP contribution in [0.1, 0.15) is 5.69 Å². The Hall–Kier alpha value is -2.19. The minimum Gasteiger partial charge on any atom is -0.479 e. The van der Waals surface area contributed by atoms with E-state index in [1.807, 2.05) is 17.5 Å². The van der Waals surface area contributed by atoms with E-state index in [1.165, 1.54) is 22.5 Å². The van der Waals surface area contributed by atoms with E-state index in [1.54, 1.807) is 0 Å². The highest BCUT2D eigenvalue weighted by molar-refractivity contribution is 7.13. The number of rotatable bonds is 4. The van der Waals surface area contributed by atoms with E-state index in [4.69, 9.17) is 14.3 Å². The number of nitrogens with zero attached hydrogens (tertiary/aromatic N) is 2. The Morgan fingerprint density at radius 2 is 2.36 bits per heavy atom. The van der Waals surface area contributed by atoms with Crippen molar-refractivity contribution in [2.24, 2.45) is 0 Å². The fourth-order valence-corrected chi connectivity index (χ4v) is 2.85. The van der Waals surface area contributed by atoms with E-state index in [0.29, 0.717) is 18.1 Å². The summed E-state index contributed by atoms with van der Waals surface area (Å²) < 4.78 is 10.5. The van der Waals surface area contributed by atoms with Crippen LogP contribution >= 0.6 is 11.3 Å². The molecular formula is C14H14N2O5S. The van der Waals surface area contributed by atoms with Gasteiger partial charge in [0.1, 0.15) is 6.26 Å². The summed E-state index contributed by atoms with van der Waals surface area (Å²) in [5, 5.41) is 10.9. The number of hydrogen-bond donors (Lipinski definition) is 1. The largest absolute Gasteiger partial charge is 0.479 e. The average Bonchev–Trinajstić information content (AvgIpc) is 3.18. The number of morpholine rings is 1. The predicted molar refractivity (Wildman–Crippen MR) is 77.5 cm³/mol. The van der Waals surface area contributed by atoms with Crippen molar-refractivity contribution >= 4 is 23.2 Å². The van der Waals surface area contributed by atoms with Crippen LogP contribution in [0.5, 0.6) is 0 Å². The molecule has 1 fully saturated rings. The molecule has 2 aromatic heterocycles. The molecule has 1 aliphatic heterocycles. The number of amides is 1. The standard InChI is InChI=1S/C14H14N2O5S/c17-12(16-3-4-20-10(7-16)14(18)19)6-9-8-21-13(15-9)11-2-1-5-22-11/h1-2,5,8,10H,3-4,6-7H2,(H,18,19). The lowest BCUT2D eigenvalue weighted by Gasteiger charge is -2.30. The van der Waals surface area contributed by atoms with Gasteiger partial charge in [-0.15, -0.1) is 11.3 Å². The Morgan fingerprint density at radius 3 is 3.09 bits per heavy atom. The average molecular weight is 322 g/mol. The molecule has 3 rings (SSSR count). The second kappa shape index (κ2) is 6.29. The van der Waals surface area contributed by atoms with Crippen molar-refractivity contribution in [3.05, 3.63) is 29.5 Å². The van der Waals surface area contributed by atoms with E-state index >= 15 is 0 Å². The summed E-state index contributed by atoms with van der Waals surface area (Å²) in [7, 11) is 0. The number of ether oxygens (including phenoxy) is 1. The van der Waals surface area contributed by atoms with Gasteiger partial charge in [0, 0.05) is 6.54 Å². The van der Waals surface area contributed by atoms with Gasteiger partial charge >= 0.3 is 5.97 Å². The molecule has 0 radical (unpaired) electrons. The number of oxazole rings is 1. The molecule has 0 aromatic carbocycles. The summed E-state index contributed by atoms with van der Waals surface area (Å²) >= 11 is 1.51. The molecule has 1 amide bonds. The smallest absolute Gasteiger partial charge is 0.334 e. The zero-order valence-corrected chi connectivity index (χ0v) is 12.4. The van der Waals surface area contributed by atoms with Gasteiger partial charge in [0.05, 0.1) is 30.1 Å². The SMILES string of the molecule is O=C(O)C1CN(C(=O)Cc2coc(-c3cccs3)n2)CCO1. The van der Waals surface area contributed by atoms with Crippen molar-refractivity contribution in [3.63, 3.8) is 0 Å². The molecule has 7 nitrogen and oxygen atoms in total. The summed E-state index contributed by atoms with van der Waals surface area (Å²) in [6.07, 6.45) is 0.584. The molecule has 1 atom stereocenters. The van der Waals surface area contributed by atoms with Gasteiger partial charge in [-0.25, -0.2) is 9.78 Å². The molecule has 2 aromatic rings. The number of carbonyl (C=O) groups is 2.